The first-order valence-electron chi connectivity index (χ1n) is 19.8. The van der Waals surface area contributed by atoms with Crippen LogP contribution in [0.15, 0.2) is 41.5 Å². The van der Waals surface area contributed by atoms with E-state index in [1.807, 2.05) is 71.9 Å². The number of allylic oxidation sites excluding steroid dienone is 1. The zero-order valence-electron chi connectivity index (χ0n) is 34.0. The fourth-order valence-electron chi connectivity index (χ4n) is 8.79. The first-order chi connectivity index (χ1) is 25.3. The normalized spacial score (nSPS) is 25.7. The van der Waals surface area contributed by atoms with Gasteiger partial charge in [0.1, 0.15) is 12.1 Å². The number of Topliss-reactive ketones (excluding diaryl/α,β-unsaturated/α-hetero) is 2. The molecular weight excluding hydrogens is 683 g/mol. The fourth-order valence-corrected chi connectivity index (χ4v) is 8.79. The van der Waals surface area contributed by atoms with Crippen molar-refractivity contribution in [3.63, 3.8) is 0 Å². The van der Waals surface area contributed by atoms with E-state index in [9.17, 15) is 28.8 Å². The van der Waals surface area contributed by atoms with Gasteiger partial charge in [-0.05, 0) is 98.0 Å². The Hall–Kier alpha value is -4.15. The minimum Gasteiger partial charge on any atom is -0.356 e. The van der Waals surface area contributed by atoms with Crippen molar-refractivity contribution in [2.45, 2.75) is 126 Å². The van der Waals surface area contributed by atoms with E-state index in [0.717, 1.165) is 30.4 Å². The number of amides is 4. The van der Waals surface area contributed by atoms with Crippen LogP contribution in [-0.4, -0.2) is 65.6 Å². The Balaban J connectivity index is 1.52. The zero-order valence-corrected chi connectivity index (χ0v) is 34.0. The summed E-state index contributed by atoms with van der Waals surface area (Å²) in [5.41, 5.74) is 1.18. The number of nitrogens with one attached hydrogen (secondary N) is 4. The number of carbonyl (C=O) groups excluding carboxylic acids is 6. The number of hydrogen-bond donors (Lipinski definition) is 4. The SMILES string of the molecule is CCC12CC1C(C(=O)N[C@H](C(=O)NC(CC(C)C)C(=O)NC(CC1CCNC1=O)C(=O)C(=O)C(C)=N/C=C(\C)c1ccccc1)C(C)(C)C)CC2C(C)C. The van der Waals surface area contributed by atoms with E-state index in [1.54, 1.807) is 0 Å². The van der Waals surface area contributed by atoms with Gasteiger partial charge in [-0.15, -0.1) is 0 Å². The highest BCUT2D eigenvalue weighted by molar-refractivity contribution is 6.65. The van der Waals surface area contributed by atoms with Crippen LogP contribution in [0.4, 0.5) is 0 Å². The van der Waals surface area contributed by atoms with Crippen molar-refractivity contribution in [2.24, 2.45) is 51.3 Å². The van der Waals surface area contributed by atoms with Gasteiger partial charge in [0.25, 0.3) is 0 Å². The largest absolute Gasteiger partial charge is 0.356 e. The Morgan fingerprint density at radius 2 is 1.61 bits per heavy atom. The van der Waals surface area contributed by atoms with Gasteiger partial charge in [-0.2, -0.15) is 0 Å². The molecule has 11 nitrogen and oxygen atoms in total. The second kappa shape index (κ2) is 17.5. The van der Waals surface area contributed by atoms with Crippen LogP contribution >= 0.6 is 0 Å². The molecule has 54 heavy (non-hydrogen) atoms. The molecule has 3 aliphatic rings. The first kappa shape index (κ1) is 42.6. The summed E-state index contributed by atoms with van der Waals surface area (Å²) < 4.78 is 0. The molecule has 4 N–H and O–H groups in total. The highest BCUT2D eigenvalue weighted by atomic mass is 16.2. The van der Waals surface area contributed by atoms with Gasteiger partial charge in [0.2, 0.25) is 35.2 Å². The summed E-state index contributed by atoms with van der Waals surface area (Å²) in [6.07, 6.45) is 5.02. The second-order valence-electron chi connectivity index (χ2n) is 17.7. The molecule has 296 valence electrons. The molecule has 11 heteroatoms. The highest BCUT2D eigenvalue weighted by Gasteiger charge is 2.67. The van der Waals surface area contributed by atoms with Gasteiger partial charge in [-0.1, -0.05) is 85.7 Å². The number of rotatable bonds is 17. The summed E-state index contributed by atoms with van der Waals surface area (Å²) in [6.45, 7) is 19.8. The molecule has 1 aromatic carbocycles. The van der Waals surface area contributed by atoms with Crippen molar-refractivity contribution in [1.82, 2.24) is 21.3 Å². The van der Waals surface area contributed by atoms with E-state index in [1.165, 1.54) is 13.1 Å². The maximum atomic E-state index is 14.1. The predicted molar refractivity (Wildman–Crippen MR) is 211 cm³/mol. The Morgan fingerprint density at radius 1 is 0.963 bits per heavy atom. The summed E-state index contributed by atoms with van der Waals surface area (Å²) in [5, 5.41) is 11.5. The molecule has 8 atom stereocenters. The highest BCUT2D eigenvalue weighted by Crippen LogP contribution is 2.72. The summed E-state index contributed by atoms with van der Waals surface area (Å²) in [5.74, 6) is -2.78. The van der Waals surface area contributed by atoms with Gasteiger partial charge in [-0.25, -0.2) is 0 Å². The third-order valence-corrected chi connectivity index (χ3v) is 12.0. The molecule has 0 radical (unpaired) electrons. The minimum atomic E-state index is -1.32. The monoisotopic (exact) mass is 745 g/mol. The van der Waals surface area contributed by atoms with Crippen LogP contribution in [0.1, 0.15) is 113 Å². The molecule has 2 saturated carbocycles. The van der Waals surface area contributed by atoms with Crippen molar-refractivity contribution in [3.8, 4) is 0 Å². The minimum absolute atomic E-state index is 0.0300. The lowest BCUT2D eigenvalue weighted by molar-refractivity contribution is -0.138. The standard InChI is InChI=1S/C43H63N5O6/c1-11-43-22-32(43)30(21-31(43)25(4)5)39(52)48-37(42(8,9)10)41(54)47-34(19-24(2)3)40(53)46-33(20-29-17-18-44-38(29)51)36(50)35(49)27(7)45-23-26(6)28-15-13-12-14-16-28/h12-16,23-25,29-34,37H,11,17-22H2,1-10H3,(H,44,51)(H,46,53)(H,47,54)(H,48,52)/b26-23+,45-27?/t29?,30?,31?,32?,33?,34?,37-,43?/m1/s1. The smallest absolute Gasteiger partial charge is 0.244 e. The topological polar surface area (TPSA) is 163 Å². The summed E-state index contributed by atoms with van der Waals surface area (Å²) in [4.78, 5) is 86.1. The maximum absolute atomic E-state index is 14.1. The first-order valence-corrected chi connectivity index (χ1v) is 19.8. The quantitative estimate of drug-likeness (QED) is 0.123. The molecule has 1 aliphatic heterocycles. The van der Waals surface area contributed by atoms with Gasteiger partial charge in [0, 0.05) is 24.6 Å². The van der Waals surface area contributed by atoms with Gasteiger partial charge < -0.3 is 21.3 Å². The van der Waals surface area contributed by atoms with Gasteiger partial charge >= 0.3 is 0 Å². The van der Waals surface area contributed by atoms with Crippen molar-refractivity contribution in [1.29, 1.82) is 0 Å². The molecule has 4 amide bonds. The molecule has 1 aromatic rings. The average Bonchev–Trinajstić information content (AvgIpc) is 3.55. The zero-order chi connectivity index (χ0) is 40.1. The van der Waals surface area contributed by atoms with Crippen molar-refractivity contribution >= 4 is 46.5 Å². The van der Waals surface area contributed by atoms with Crippen LogP contribution in [-0.2, 0) is 28.8 Å². The number of benzene rings is 1. The van der Waals surface area contributed by atoms with Crippen LogP contribution in [0.2, 0.25) is 0 Å². The average molecular weight is 746 g/mol. The third-order valence-electron chi connectivity index (χ3n) is 12.0. The molecule has 3 fully saturated rings. The molecule has 0 aromatic heterocycles. The van der Waals surface area contributed by atoms with E-state index < -0.39 is 52.8 Å². The number of carbonyl (C=O) groups is 6. The molecule has 4 rings (SSSR count). The fraction of sp³-hybridized carbons (Fsp3) is 0.651. The Bertz CT molecular complexity index is 1640. The van der Waals surface area contributed by atoms with Crippen LogP contribution < -0.4 is 21.3 Å². The van der Waals surface area contributed by atoms with E-state index in [2.05, 4.69) is 47.0 Å². The molecule has 1 saturated heterocycles. The van der Waals surface area contributed by atoms with Crippen molar-refractivity contribution in [3.05, 3.63) is 42.1 Å². The van der Waals surface area contributed by atoms with Gasteiger partial charge in [0.15, 0.2) is 0 Å². The summed E-state index contributed by atoms with van der Waals surface area (Å²) in [6, 6.07) is 6.18. The third kappa shape index (κ3) is 9.93. The summed E-state index contributed by atoms with van der Waals surface area (Å²) >= 11 is 0. The van der Waals surface area contributed by atoms with Crippen molar-refractivity contribution in [2.75, 3.05) is 6.54 Å². The van der Waals surface area contributed by atoms with E-state index in [-0.39, 0.29) is 47.6 Å². The number of ketones is 2. The number of hydrogen-bond acceptors (Lipinski definition) is 7. The second-order valence-corrected chi connectivity index (χ2v) is 17.7. The lowest BCUT2D eigenvalue weighted by Crippen LogP contribution is -2.60. The molecular formula is C43H63N5O6. The predicted octanol–water partition coefficient (Wildman–Crippen LogP) is 5.43. The number of nitrogens with zero attached hydrogens (tertiary/aromatic N) is 1. The van der Waals surface area contributed by atoms with E-state index in [0.29, 0.717) is 30.7 Å². The van der Waals surface area contributed by atoms with E-state index >= 15 is 0 Å². The van der Waals surface area contributed by atoms with Gasteiger partial charge in [-0.3, -0.25) is 33.8 Å². The Morgan fingerprint density at radius 3 is 2.15 bits per heavy atom. The number of aliphatic imine (C=N–C) groups is 1. The lowest BCUT2D eigenvalue weighted by Gasteiger charge is -2.33. The van der Waals surface area contributed by atoms with Crippen LogP contribution in [0.25, 0.3) is 5.57 Å². The van der Waals surface area contributed by atoms with Gasteiger partial charge in [0.05, 0.1) is 11.8 Å². The Labute approximate surface area is 321 Å². The van der Waals surface area contributed by atoms with Crippen LogP contribution in [0.5, 0.6) is 0 Å². The van der Waals surface area contributed by atoms with E-state index in [4.69, 9.17) is 0 Å². The number of fused-ring (bicyclic) bond motifs is 1. The summed E-state index contributed by atoms with van der Waals surface area (Å²) in [7, 11) is 0. The molecule has 0 bridgehead atoms. The van der Waals surface area contributed by atoms with Crippen LogP contribution in [0, 0.1) is 46.3 Å². The van der Waals surface area contributed by atoms with Crippen LogP contribution in [0.3, 0.4) is 0 Å². The molecule has 0 spiro atoms. The Kier molecular flexibility index (Phi) is 13.8. The lowest BCUT2D eigenvalue weighted by atomic mass is 9.79. The maximum Gasteiger partial charge on any atom is 0.244 e. The molecule has 7 unspecified atom stereocenters. The molecule has 2 aliphatic carbocycles. The van der Waals surface area contributed by atoms with Crippen molar-refractivity contribution < 1.29 is 28.8 Å². The molecule has 1 heterocycles.